The van der Waals surface area contributed by atoms with Crippen molar-refractivity contribution in [2.45, 2.75) is 482 Å². The molecule has 0 fully saturated rings. The van der Waals surface area contributed by atoms with Gasteiger partial charge in [0.25, 0.3) is 0 Å². The summed E-state index contributed by atoms with van der Waals surface area (Å²) < 4.78 is 5.50. The number of hydrogen-bond acceptors (Lipinski definition) is 5. The zero-order valence-corrected chi connectivity index (χ0v) is 59.5. The second-order valence-corrected chi connectivity index (χ2v) is 28.1. The summed E-state index contributed by atoms with van der Waals surface area (Å²) in [6, 6.07) is -0.625. The summed E-state index contributed by atoms with van der Waals surface area (Å²) in [6.07, 6.45) is 97.7. The van der Waals surface area contributed by atoms with E-state index in [-0.39, 0.29) is 18.5 Å². The van der Waals surface area contributed by atoms with Crippen LogP contribution in [0.1, 0.15) is 470 Å². The third kappa shape index (κ3) is 73.5. The maximum atomic E-state index is 12.6. The van der Waals surface area contributed by atoms with Crippen LogP contribution >= 0.6 is 0 Å². The lowest BCUT2D eigenvalue weighted by atomic mass is 10.0. The number of unbranched alkanes of at least 4 members (excludes halogenated alkanes) is 66. The minimum atomic E-state index is -0.842. The van der Waals surface area contributed by atoms with Crippen molar-refractivity contribution in [2.24, 2.45) is 0 Å². The summed E-state index contributed by atoms with van der Waals surface area (Å²) in [6.45, 7) is 4.97. The molecule has 0 aliphatic heterocycles. The first kappa shape index (κ1) is 85.6. The van der Waals surface area contributed by atoms with Gasteiger partial charge in [-0.15, -0.1) is 0 Å². The standard InChI is InChI=1S/C81H159NO5/c1-3-5-7-9-11-13-15-17-19-20-21-22-23-34-37-40-43-46-49-53-57-61-65-69-73-79(84)78(77-83)82-80(85)74-70-66-62-58-54-50-47-44-41-38-35-32-30-28-26-24-25-27-29-31-33-36-39-42-45-48-52-56-60-64-68-72-76-87-81(86)75-71-67-63-59-55-51-18-16-14-12-10-8-6-4-2/h69,73,78-79,83-84H,3-68,70-72,74-77H2,1-2H3,(H,82,85)/b73-69+. The Balaban J connectivity index is 3.34. The zero-order valence-electron chi connectivity index (χ0n) is 59.5. The number of aliphatic hydroxyl groups is 2. The molecule has 0 aliphatic rings. The van der Waals surface area contributed by atoms with Crippen molar-refractivity contribution in [3.8, 4) is 0 Å². The van der Waals surface area contributed by atoms with Crippen LogP contribution in [0.4, 0.5) is 0 Å². The molecule has 0 aromatic carbocycles. The summed E-state index contributed by atoms with van der Waals surface area (Å²) in [7, 11) is 0. The van der Waals surface area contributed by atoms with E-state index in [0.29, 0.717) is 19.4 Å². The van der Waals surface area contributed by atoms with Gasteiger partial charge in [-0.2, -0.15) is 0 Å². The van der Waals surface area contributed by atoms with E-state index in [0.717, 1.165) is 38.5 Å². The lowest BCUT2D eigenvalue weighted by molar-refractivity contribution is -0.143. The van der Waals surface area contributed by atoms with Crippen molar-refractivity contribution in [1.82, 2.24) is 5.32 Å². The van der Waals surface area contributed by atoms with Crippen molar-refractivity contribution in [3.63, 3.8) is 0 Å². The number of nitrogens with one attached hydrogen (secondary N) is 1. The Hall–Kier alpha value is -1.40. The van der Waals surface area contributed by atoms with Crippen LogP contribution in [0.2, 0.25) is 0 Å². The number of hydrogen-bond donors (Lipinski definition) is 3. The Labute approximate surface area is 546 Å². The van der Waals surface area contributed by atoms with E-state index in [4.69, 9.17) is 4.74 Å². The Morgan fingerprint density at radius 2 is 0.529 bits per heavy atom. The maximum absolute atomic E-state index is 12.6. The molecule has 0 heterocycles. The van der Waals surface area contributed by atoms with Crippen molar-refractivity contribution in [2.75, 3.05) is 13.2 Å². The SMILES string of the molecule is CCCCCCCCCCCCCCCCCCCCCCCC/C=C/C(O)C(CO)NC(=O)CCCCCCCCCCCCCCCCCCCCCCCCCCCCCCCCCCOC(=O)CCCCCCCCCCCCCCCC. The molecule has 1 amide bonds. The molecule has 0 aromatic heterocycles. The van der Waals surface area contributed by atoms with E-state index in [9.17, 15) is 19.8 Å². The predicted octanol–water partition coefficient (Wildman–Crippen LogP) is 26.7. The maximum Gasteiger partial charge on any atom is 0.305 e. The minimum absolute atomic E-state index is 0.0245. The van der Waals surface area contributed by atoms with Crippen LogP contribution in [0, 0.1) is 0 Å². The molecule has 0 rings (SSSR count). The number of carbonyl (C=O) groups is 2. The largest absolute Gasteiger partial charge is 0.466 e. The van der Waals surface area contributed by atoms with E-state index < -0.39 is 12.1 Å². The number of aliphatic hydroxyl groups excluding tert-OH is 2. The normalized spacial score (nSPS) is 12.5. The van der Waals surface area contributed by atoms with Gasteiger partial charge in [-0.1, -0.05) is 437 Å². The van der Waals surface area contributed by atoms with Crippen LogP contribution in [0.5, 0.6) is 0 Å². The van der Waals surface area contributed by atoms with Crippen LogP contribution < -0.4 is 5.32 Å². The van der Waals surface area contributed by atoms with Crippen LogP contribution in [-0.4, -0.2) is 47.4 Å². The second-order valence-electron chi connectivity index (χ2n) is 28.1. The Kier molecular flexibility index (Phi) is 75.8. The van der Waals surface area contributed by atoms with Crippen molar-refractivity contribution in [1.29, 1.82) is 0 Å². The summed E-state index contributed by atoms with van der Waals surface area (Å²) >= 11 is 0. The van der Waals surface area contributed by atoms with Crippen LogP contribution in [0.25, 0.3) is 0 Å². The van der Waals surface area contributed by atoms with Gasteiger partial charge in [0.05, 0.1) is 25.4 Å². The van der Waals surface area contributed by atoms with E-state index >= 15 is 0 Å². The third-order valence-corrected chi connectivity index (χ3v) is 19.3. The minimum Gasteiger partial charge on any atom is -0.466 e. The highest BCUT2D eigenvalue weighted by atomic mass is 16.5. The summed E-state index contributed by atoms with van der Waals surface area (Å²) in [5.41, 5.74) is 0. The quantitative estimate of drug-likeness (QED) is 0.0320. The average Bonchev–Trinajstić information content (AvgIpc) is 3.53. The van der Waals surface area contributed by atoms with Gasteiger partial charge in [-0.3, -0.25) is 9.59 Å². The number of rotatable bonds is 77. The molecule has 2 atom stereocenters. The monoisotopic (exact) mass is 1230 g/mol. The molecule has 3 N–H and O–H groups in total. The van der Waals surface area contributed by atoms with Gasteiger partial charge in [0.15, 0.2) is 0 Å². The first-order valence-corrected chi connectivity index (χ1v) is 40.5. The molecule has 0 saturated heterocycles. The smallest absolute Gasteiger partial charge is 0.305 e. The molecule has 0 bridgehead atoms. The highest BCUT2D eigenvalue weighted by Crippen LogP contribution is 2.20. The van der Waals surface area contributed by atoms with Gasteiger partial charge >= 0.3 is 5.97 Å². The van der Waals surface area contributed by atoms with E-state index in [1.54, 1.807) is 6.08 Å². The molecule has 6 nitrogen and oxygen atoms in total. The topological polar surface area (TPSA) is 95.9 Å². The van der Waals surface area contributed by atoms with Gasteiger partial charge in [-0.25, -0.2) is 0 Å². The Morgan fingerprint density at radius 3 is 0.782 bits per heavy atom. The molecule has 0 aliphatic carbocycles. The average molecular weight is 1230 g/mol. The second kappa shape index (κ2) is 77.1. The molecule has 0 aromatic rings. The lowest BCUT2D eigenvalue weighted by Gasteiger charge is -2.20. The molecule has 0 spiro atoms. The number of carbonyl (C=O) groups excluding carboxylic acids is 2. The van der Waals surface area contributed by atoms with E-state index in [2.05, 4.69) is 19.2 Å². The van der Waals surface area contributed by atoms with Gasteiger partial charge in [0, 0.05) is 12.8 Å². The first-order chi connectivity index (χ1) is 43.0. The summed E-state index contributed by atoms with van der Waals surface area (Å²) in [5.74, 6) is -0.0331. The number of allylic oxidation sites excluding steroid dienone is 1. The van der Waals surface area contributed by atoms with Crippen LogP contribution in [0.15, 0.2) is 12.2 Å². The third-order valence-electron chi connectivity index (χ3n) is 19.3. The van der Waals surface area contributed by atoms with Gasteiger partial charge in [0.2, 0.25) is 5.91 Å². The van der Waals surface area contributed by atoms with Gasteiger partial charge in [0.1, 0.15) is 0 Å². The molecule has 87 heavy (non-hydrogen) atoms. The van der Waals surface area contributed by atoms with Crippen LogP contribution in [0.3, 0.4) is 0 Å². The molecule has 6 heteroatoms. The first-order valence-electron chi connectivity index (χ1n) is 40.5. The number of esters is 1. The Morgan fingerprint density at radius 1 is 0.310 bits per heavy atom. The fraction of sp³-hybridized carbons (Fsp3) is 0.951. The summed E-state index contributed by atoms with van der Waals surface area (Å²) in [4.78, 5) is 24.6. The van der Waals surface area contributed by atoms with Crippen LogP contribution in [-0.2, 0) is 14.3 Å². The highest BCUT2D eigenvalue weighted by Gasteiger charge is 2.18. The highest BCUT2D eigenvalue weighted by molar-refractivity contribution is 5.76. The van der Waals surface area contributed by atoms with Crippen molar-refractivity contribution < 1.29 is 24.5 Å². The predicted molar refractivity (Wildman–Crippen MR) is 384 cm³/mol. The van der Waals surface area contributed by atoms with Gasteiger partial charge in [-0.05, 0) is 32.1 Å². The number of ether oxygens (including phenoxy) is 1. The molecule has 0 saturated carbocycles. The number of amides is 1. The van der Waals surface area contributed by atoms with Crippen molar-refractivity contribution in [3.05, 3.63) is 12.2 Å². The summed E-state index contributed by atoms with van der Waals surface area (Å²) in [5, 5.41) is 23.3. The Bertz CT molecular complexity index is 1320. The lowest BCUT2D eigenvalue weighted by Crippen LogP contribution is -2.45. The zero-order chi connectivity index (χ0) is 62.8. The van der Waals surface area contributed by atoms with E-state index in [1.807, 2.05) is 6.08 Å². The molecule has 0 radical (unpaired) electrons. The fourth-order valence-electron chi connectivity index (χ4n) is 13.2. The molecule has 518 valence electrons. The molecule has 2 unspecified atom stereocenters. The molecular formula is C81H159NO5. The molecular weight excluding hydrogens is 1070 g/mol. The van der Waals surface area contributed by atoms with Crippen molar-refractivity contribution >= 4 is 11.9 Å². The fourth-order valence-corrected chi connectivity index (χ4v) is 13.2. The van der Waals surface area contributed by atoms with E-state index in [1.165, 1.54) is 405 Å². The van der Waals surface area contributed by atoms with Gasteiger partial charge < -0.3 is 20.3 Å².